The molecule has 0 bridgehead atoms. The highest BCUT2D eigenvalue weighted by Gasteiger charge is 2.49. The highest BCUT2D eigenvalue weighted by Crippen LogP contribution is 2.36. The van der Waals surface area contributed by atoms with Crippen molar-refractivity contribution in [3.63, 3.8) is 0 Å². The summed E-state index contributed by atoms with van der Waals surface area (Å²) < 4.78 is 6.89. The molecule has 0 atom stereocenters. The van der Waals surface area contributed by atoms with Crippen molar-refractivity contribution in [1.29, 1.82) is 0 Å². The second-order valence-corrected chi connectivity index (χ2v) is 12.7. The Morgan fingerprint density at radius 1 is 0.731 bits per heavy atom. The second kappa shape index (κ2) is 10.3. The first-order chi connectivity index (χ1) is 12.5. The normalized spacial score (nSPS) is 12.3. The van der Waals surface area contributed by atoms with Crippen molar-refractivity contribution in [3.05, 3.63) is 60.7 Å². The summed E-state index contributed by atoms with van der Waals surface area (Å²) in [4.78, 5) is 0. The first-order valence-electron chi connectivity index (χ1n) is 9.83. The Morgan fingerprint density at radius 2 is 1.19 bits per heavy atom. The molecule has 2 rings (SSSR count). The van der Waals surface area contributed by atoms with Gasteiger partial charge in [-0.05, 0) is 28.3 Å². The molecule has 0 saturated carbocycles. The van der Waals surface area contributed by atoms with Crippen LogP contribution < -0.4 is 10.4 Å². The highest BCUT2D eigenvalue weighted by atomic mass is 35.5. The Hall–Kier alpha value is -1.09. The van der Waals surface area contributed by atoms with Gasteiger partial charge in [0.2, 0.25) is 0 Å². The molecule has 0 aliphatic carbocycles. The molecule has 0 amide bonds. The zero-order chi connectivity index (χ0) is 18.9. The van der Waals surface area contributed by atoms with Gasteiger partial charge in [0, 0.05) is 12.5 Å². The molecule has 1 nitrogen and oxygen atoms in total. The van der Waals surface area contributed by atoms with E-state index in [0.29, 0.717) is 0 Å². The lowest BCUT2D eigenvalue weighted by Gasteiger charge is -2.43. The maximum absolute atomic E-state index is 6.89. The molecule has 26 heavy (non-hydrogen) atoms. The van der Waals surface area contributed by atoms with Crippen LogP contribution in [0.15, 0.2) is 60.7 Å². The summed E-state index contributed by atoms with van der Waals surface area (Å²) >= 11 is 5.77. The first-order valence-corrected chi connectivity index (χ1v) is 12.3. The largest absolute Gasteiger partial charge is 0.407 e. The molecule has 0 N–H and O–H groups in total. The van der Waals surface area contributed by atoms with Gasteiger partial charge in [0.25, 0.3) is 8.32 Å². The van der Waals surface area contributed by atoms with Gasteiger partial charge in [0.1, 0.15) is 0 Å². The molecule has 0 radical (unpaired) electrons. The van der Waals surface area contributed by atoms with Crippen LogP contribution in [0, 0.1) is 0 Å². The predicted octanol–water partition coefficient (Wildman–Crippen LogP) is 5.75. The van der Waals surface area contributed by atoms with Crippen LogP contribution >= 0.6 is 11.6 Å². The van der Waals surface area contributed by atoms with Crippen LogP contribution in [0.4, 0.5) is 0 Å². The number of rotatable bonds is 10. The smallest absolute Gasteiger partial charge is 0.261 e. The van der Waals surface area contributed by atoms with E-state index in [1.807, 2.05) is 0 Å². The Labute approximate surface area is 165 Å². The van der Waals surface area contributed by atoms with Gasteiger partial charge in [-0.3, -0.25) is 0 Å². The van der Waals surface area contributed by atoms with Crippen molar-refractivity contribution in [3.8, 4) is 0 Å². The molecule has 0 unspecified atom stereocenters. The van der Waals surface area contributed by atoms with E-state index >= 15 is 0 Å². The third-order valence-electron chi connectivity index (χ3n) is 5.01. The van der Waals surface area contributed by atoms with Gasteiger partial charge in [-0.2, -0.15) is 0 Å². The molecule has 0 saturated heterocycles. The number of halogens is 1. The van der Waals surface area contributed by atoms with Gasteiger partial charge in [-0.15, -0.1) is 11.6 Å². The van der Waals surface area contributed by atoms with Gasteiger partial charge < -0.3 is 4.43 Å². The van der Waals surface area contributed by atoms with Crippen molar-refractivity contribution >= 4 is 30.3 Å². The molecule has 0 spiro atoms. The number of benzene rings is 2. The summed E-state index contributed by atoms with van der Waals surface area (Å²) in [6.45, 7) is 7.83. The lowest BCUT2D eigenvalue weighted by Crippen LogP contribution is -2.66. The fourth-order valence-corrected chi connectivity index (χ4v) is 8.51. The molecule has 0 aliphatic heterocycles. The van der Waals surface area contributed by atoms with E-state index in [1.165, 1.54) is 29.6 Å². The molecular weight excluding hydrogens is 356 g/mol. The molecule has 2 aromatic carbocycles. The van der Waals surface area contributed by atoms with E-state index in [4.69, 9.17) is 16.0 Å². The molecule has 0 heterocycles. The fraction of sp³-hybridized carbons (Fsp3) is 0.478. The lowest BCUT2D eigenvalue weighted by atomic mass is 10.2. The summed E-state index contributed by atoms with van der Waals surface area (Å²) in [7, 11) is -2.35. The number of alkyl halides is 1. The molecule has 2 aromatic rings. The van der Waals surface area contributed by atoms with Gasteiger partial charge in [-0.1, -0.05) is 101 Å². The Balaban J connectivity index is 2.24. The molecule has 3 heteroatoms. The Kier molecular flexibility index (Phi) is 8.40. The van der Waals surface area contributed by atoms with E-state index in [0.717, 1.165) is 25.3 Å². The van der Waals surface area contributed by atoms with Crippen LogP contribution in [0.3, 0.4) is 0 Å². The van der Waals surface area contributed by atoms with Crippen molar-refractivity contribution in [2.45, 2.75) is 57.9 Å². The zero-order valence-corrected chi connectivity index (χ0v) is 18.3. The van der Waals surface area contributed by atoms with E-state index in [1.54, 1.807) is 0 Å². The third-order valence-corrected chi connectivity index (χ3v) is 10.3. The minimum Gasteiger partial charge on any atom is -0.407 e. The summed E-state index contributed by atoms with van der Waals surface area (Å²) in [6, 6.07) is 21.8. The zero-order valence-electron chi connectivity index (χ0n) is 16.5. The molecule has 142 valence electrons. The lowest BCUT2D eigenvalue weighted by molar-refractivity contribution is 0.286. The second-order valence-electron chi connectivity index (χ2n) is 7.97. The predicted molar refractivity (Wildman–Crippen MR) is 117 cm³/mol. The van der Waals surface area contributed by atoms with Crippen LogP contribution in [0.25, 0.3) is 0 Å². The summed E-state index contributed by atoms with van der Waals surface area (Å²) in [6.07, 6.45) is 5.93. The average molecular weight is 389 g/mol. The van der Waals surface area contributed by atoms with Gasteiger partial charge in [-0.25, -0.2) is 0 Å². The fourth-order valence-electron chi connectivity index (χ4n) is 3.71. The van der Waals surface area contributed by atoms with Crippen molar-refractivity contribution in [2.24, 2.45) is 0 Å². The van der Waals surface area contributed by atoms with E-state index in [-0.39, 0.29) is 5.04 Å². The van der Waals surface area contributed by atoms with Crippen LogP contribution in [0.5, 0.6) is 0 Å². The monoisotopic (exact) mass is 388 g/mol. The average Bonchev–Trinajstić information content (AvgIpc) is 2.64. The van der Waals surface area contributed by atoms with Crippen LogP contribution in [0.1, 0.15) is 52.9 Å². The number of unbranched alkanes of at least 4 members (excludes halogenated alkanes) is 4. The summed E-state index contributed by atoms with van der Waals surface area (Å²) in [5, 5.41) is 2.79. The van der Waals surface area contributed by atoms with Crippen molar-refractivity contribution in [1.82, 2.24) is 0 Å². The topological polar surface area (TPSA) is 9.23 Å². The van der Waals surface area contributed by atoms with Crippen LogP contribution in [-0.2, 0) is 4.43 Å². The summed E-state index contributed by atoms with van der Waals surface area (Å²) in [5.74, 6) is 0.776. The Bertz CT molecular complexity index is 582. The van der Waals surface area contributed by atoms with Gasteiger partial charge in [0.15, 0.2) is 0 Å². The van der Waals surface area contributed by atoms with Crippen LogP contribution in [0.2, 0.25) is 5.04 Å². The highest BCUT2D eigenvalue weighted by molar-refractivity contribution is 6.99. The number of hydrogen-bond acceptors (Lipinski definition) is 1. The first kappa shape index (κ1) is 21.2. The minimum absolute atomic E-state index is 0.0638. The summed E-state index contributed by atoms with van der Waals surface area (Å²) in [5.41, 5.74) is 0. The maximum atomic E-state index is 6.89. The minimum atomic E-state index is -2.35. The van der Waals surface area contributed by atoms with Crippen molar-refractivity contribution < 1.29 is 4.43 Å². The molecule has 0 fully saturated rings. The maximum Gasteiger partial charge on any atom is 0.261 e. The van der Waals surface area contributed by atoms with Gasteiger partial charge >= 0.3 is 0 Å². The van der Waals surface area contributed by atoms with Crippen LogP contribution in [-0.4, -0.2) is 20.8 Å². The molecular formula is C23H33ClOSi. The van der Waals surface area contributed by atoms with E-state index < -0.39 is 8.32 Å². The standard InChI is InChI=1S/C23H33ClOSi/c1-23(2,3)26(21-15-9-7-10-16-21,22-17-11-8-12-18-22)25-20-14-6-4-5-13-19-24/h7-12,15-18H,4-6,13-14,19-20H2,1-3H3. The van der Waals surface area contributed by atoms with Gasteiger partial charge in [0.05, 0.1) is 0 Å². The Morgan fingerprint density at radius 3 is 1.65 bits per heavy atom. The quantitative estimate of drug-likeness (QED) is 0.286. The van der Waals surface area contributed by atoms with E-state index in [2.05, 4.69) is 81.4 Å². The van der Waals surface area contributed by atoms with E-state index in [9.17, 15) is 0 Å². The molecule has 0 aliphatic rings. The molecule has 0 aromatic heterocycles. The third kappa shape index (κ3) is 5.22. The SMILES string of the molecule is CC(C)(C)[Si](OCCCCCCCCl)(c1ccccc1)c1ccccc1. The number of hydrogen-bond donors (Lipinski definition) is 0. The van der Waals surface area contributed by atoms with Crippen molar-refractivity contribution in [2.75, 3.05) is 12.5 Å².